The lowest BCUT2D eigenvalue weighted by Gasteiger charge is -2.26. The second kappa shape index (κ2) is 5.00. The third-order valence-corrected chi connectivity index (χ3v) is 4.45. The molecule has 4 nitrogen and oxygen atoms in total. The fourth-order valence-corrected chi connectivity index (χ4v) is 3.24. The Kier molecular flexibility index (Phi) is 3.35. The molecule has 3 rings (SSSR count). The van der Waals surface area contributed by atoms with E-state index in [1.165, 1.54) is 0 Å². The molecule has 0 amide bonds. The van der Waals surface area contributed by atoms with Crippen molar-refractivity contribution in [2.24, 2.45) is 0 Å². The molecule has 1 aromatic rings. The van der Waals surface area contributed by atoms with Crippen molar-refractivity contribution in [2.75, 3.05) is 7.11 Å². The van der Waals surface area contributed by atoms with Gasteiger partial charge in [0, 0.05) is 19.7 Å². The maximum Gasteiger partial charge on any atom is 0.166 e. The van der Waals surface area contributed by atoms with Gasteiger partial charge in [-0.05, 0) is 44.9 Å². The third kappa shape index (κ3) is 2.18. The van der Waals surface area contributed by atoms with Crippen molar-refractivity contribution in [3.8, 4) is 0 Å². The molecular weight excluding hydrogens is 240 g/mol. The highest BCUT2D eigenvalue weighted by atomic mass is 16.5. The van der Waals surface area contributed by atoms with E-state index in [4.69, 9.17) is 9.72 Å². The van der Waals surface area contributed by atoms with E-state index in [9.17, 15) is 4.79 Å². The van der Waals surface area contributed by atoms with E-state index in [-0.39, 0.29) is 11.4 Å². The number of hydrogen-bond acceptors (Lipinski definition) is 4. The highest BCUT2D eigenvalue weighted by Crippen LogP contribution is 2.40. The Morgan fingerprint density at radius 2 is 1.89 bits per heavy atom. The molecule has 19 heavy (non-hydrogen) atoms. The van der Waals surface area contributed by atoms with Gasteiger partial charge in [0.25, 0.3) is 0 Å². The van der Waals surface area contributed by atoms with Gasteiger partial charge in [0.1, 0.15) is 5.60 Å². The van der Waals surface area contributed by atoms with Gasteiger partial charge in [-0.25, -0.2) is 9.97 Å². The molecular formula is C15H20N2O2. The summed E-state index contributed by atoms with van der Waals surface area (Å²) in [6, 6.07) is 0. The first-order chi connectivity index (χ1) is 9.25. The fourth-order valence-electron chi connectivity index (χ4n) is 3.24. The predicted molar refractivity (Wildman–Crippen MR) is 71.1 cm³/mol. The van der Waals surface area contributed by atoms with Crippen LogP contribution in [0.15, 0.2) is 6.20 Å². The number of aryl methyl sites for hydroxylation is 1. The number of rotatable bonds is 2. The molecule has 0 saturated heterocycles. The van der Waals surface area contributed by atoms with Crippen LogP contribution >= 0.6 is 0 Å². The SMILES string of the molecule is COC1(c2ncc3c(n2)CCCCC3=O)CCCC1. The van der Waals surface area contributed by atoms with Crippen molar-refractivity contribution in [3.05, 3.63) is 23.3 Å². The van der Waals surface area contributed by atoms with E-state index in [1.807, 2.05) is 0 Å². The first-order valence-corrected chi connectivity index (χ1v) is 7.20. The molecule has 1 aromatic heterocycles. The van der Waals surface area contributed by atoms with Crippen LogP contribution in [0.1, 0.15) is 66.8 Å². The minimum Gasteiger partial charge on any atom is -0.370 e. The minimum atomic E-state index is -0.315. The van der Waals surface area contributed by atoms with E-state index >= 15 is 0 Å². The Hall–Kier alpha value is -1.29. The Bertz CT molecular complexity index is 493. The van der Waals surface area contributed by atoms with Crippen molar-refractivity contribution >= 4 is 5.78 Å². The molecule has 0 unspecified atom stereocenters. The molecule has 4 heteroatoms. The number of carbonyl (C=O) groups excluding carboxylic acids is 1. The van der Waals surface area contributed by atoms with Gasteiger partial charge in [0.2, 0.25) is 0 Å². The summed E-state index contributed by atoms with van der Waals surface area (Å²) < 4.78 is 5.72. The normalized spacial score (nSPS) is 22.1. The van der Waals surface area contributed by atoms with Gasteiger partial charge in [-0.3, -0.25) is 4.79 Å². The van der Waals surface area contributed by atoms with Gasteiger partial charge in [0.15, 0.2) is 11.6 Å². The molecule has 1 fully saturated rings. The maximum atomic E-state index is 12.0. The monoisotopic (exact) mass is 260 g/mol. The molecule has 102 valence electrons. The second-order valence-electron chi connectivity index (χ2n) is 5.59. The Labute approximate surface area is 113 Å². The zero-order valence-electron chi connectivity index (χ0n) is 11.4. The molecule has 0 N–H and O–H groups in total. The number of ether oxygens (including phenoxy) is 1. The average Bonchev–Trinajstić information content (AvgIpc) is 2.86. The van der Waals surface area contributed by atoms with Gasteiger partial charge in [-0.15, -0.1) is 0 Å². The van der Waals surface area contributed by atoms with Crippen molar-refractivity contribution in [1.29, 1.82) is 0 Å². The molecule has 2 aliphatic carbocycles. The van der Waals surface area contributed by atoms with E-state index in [1.54, 1.807) is 13.3 Å². The largest absolute Gasteiger partial charge is 0.370 e. The Morgan fingerprint density at radius 1 is 1.16 bits per heavy atom. The lowest BCUT2D eigenvalue weighted by Crippen LogP contribution is -2.28. The van der Waals surface area contributed by atoms with E-state index in [0.717, 1.165) is 62.0 Å². The van der Waals surface area contributed by atoms with Gasteiger partial charge in [-0.2, -0.15) is 0 Å². The summed E-state index contributed by atoms with van der Waals surface area (Å²) in [6.07, 6.45) is 9.52. The number of aromatic nitrogens is 2. The molecule has 2 aliphatic rings. The van der Waals surface area contributed by atoms with Crippen LogP contribution < -0.4 is 0 Å². The number of fused-ring (bicyclic) bond motifs is 1. The first kappa shape index (κ1) is 12.7. The number of Topliss-reactive ketones (excluding diaryl/α,β-unsaturated/α-hetero) is 1. The fraction of sp³-hybridized carbons (Fsp3) is 0.667. The van der Waals surface area contributed by atoms with Crippen molar-refractivity contribution < 1.29 is 9.53 Å². The van der Waals surface area contributed by atoms with E-state index < -0.39 is 0 Å². The van der Waals surface area contributed by atoms with Gasteiger partial charge in [-0.1, -0.05) is 0 Å². The summed E-state index contributed by atoms with van der Waals surface area (Å²) in [5, 5.41) is 0. The zero-order chi connectivity index (χ0) is 13.3. The van der Waals surface area contributed by atoms with Gasteiger partial charge < -0.3 is 4.74 Å². The Morgan fingerprint density at radius 3 is 2.63 bits per heavy atom. The number of carbonyl (C=O) groups is 1. The van der Waals surface area contributed by atoms with Gasteiger partial charge in [0.05, 0.1) is 11.3 Å². The molecule has 0 aliphatic heterocycles. The van der Waals surface area contributed by atoms with Crippen molar-refractivity contribution in [2.45, 2.75) is 57.0 Å². The van der Waals surface area contributed by atoms with Crippen LogP contribution in [-0.2, 0) is 16.8 Å². The molecule has 0 spiro atoms. The molecule has 1 saturated carbocycles. The second-order valence-corrected chi connectivity index (χ2v) is 5.59. The quantitative estimate of drug-likeness (QED) is 0.767. The van der Waals surface area contributed by atoms with Crippen LogP contribution in [0.4, 0.5) is 0 Å². The molecule has 0 atom stereocenters. The third-order valence-electron chi connectivity index (χ3n) is 4.45. The Balaban J connectivity index is 2.00. The molecule has 1 heterocycles. The molecule has 0 bridgehead atoms. The molecule has 0 aromatic carbocycles. The summed E-state index contributed by atoms with van der Waals surface area (Å²) in [5.74, 6) is 0.970. The summed E-state index contributed by atoms with van der Waals surface area (Å²) in [7, 11) is 1.74. The van der Waals surface area contributed by atoms with E-state index in [0.29, 0.717) is 6.42 Å². The topological polar surface area (TPSA) is 52.1 Å². The number of ketones is 1. The molecule has 0 radical (unpaired) electrons. The summed E-state index contributed by atoms with van der Waals surface area (Å²) in [6.45, 7) is 0. The van der Waals surface area contributed by atoms with E-state index in [2.05, 4.69) is 4.98 Å². The van der Waals surface area contributed by atoms with Crippen molar-refractivity contribution in [1.82, 2.24) is 9.97 Å². The zero-order valence-corrected chi connectivity index (χ0v) is 11.4. The lowest BCUT2D eigenvalue weighted by atomic mass is 10.00. The lowest BCUT2D eigenvalue weighted by molar-refractivity contribution is -0.0165. The standard InChI is InChI=1S/C15H20N2O2/c1-19-15(8-4-5-9-15)14-16-10-11-12(17-14)6-2-3-7-13(11)18/h10H,2-9H2,1H3. The predicted octanol–water partition coefficient (Wildman–Crippen LogP) is 2.80. The van der Waals surface area contributed by atoms with Crippen LogP contribution in [0, 0.1) is 0 Å². The highest BCUT2D eigenvalue weighted by molar-refractivity contribution is 5.97. The number of nitrogens with zero attached hydrogens (tertiary/aromatic N) is 2. The highest BCUT2D eigenvalue weighted by Gasteiger charge is 2.39. The first-order valence-electron chi connectivity index (χ1n) is 7.20. The summed E-state index contributed by atoms with van der Waals surface area (Å²) >= 11 is 0. The number of methoxy groups -OCH3 is 1. The number of hydrogen-bond donors (Lipinski definition) is 0. The minimum absolute atomic E-state index is 0.192. The maximum absolute atomic E-state index is 12.0. The van der Waals surface area contributed by atoms with Gasteiger partial charge >= 0.3 is 0 Å². The summed E-state index contributed by atoms with van der Waals surface area (Å²) in [4.78, 5) is 21.1. The van der Waals surface area contributed by atoms with Crippen LogP contribution in [0.25, 0.3) is 0 Å². The van der Waals surface area contributed by atoms with Crippen LogP contribution in [0.3, 0.4) is 0 Å². The van der Waals surface area contributed by atoms with Crippen LogP contribution in [-0.4, -0.2) is 22.9 Å². The summed E-state index contributed by atoms with van der Waals surface area (Å²) in [5.41, 5.74) is 1.34. The van der Waals surface area contributed by atoms with Crippen molar-refractivity contribution in [3.63, 3.8) is 0 Å². The van der Waals surface area contributed by atoms with Crippen LogP contribution in [0.5, 0.6) is 0 Å². The van der Waals surface area contributed by atoms with Crippen LogP contribution in [0.2, 0.25) is 0 Å². The smallest absolute Gasteiger partial charge is 0.166 e. The average molecular weight is 260 g/mol.